The number of benzene rings is 1. The normalized spacial score (nSPS) is 13.8. The zero-order valence-electron chi connectivity index (χ0n) is 17.5. The van der Waals surface area contributed by atoms with Gasteiger partial charge in [0.25, 0.3) is 0 Å². The lowest BCUT2D eigenvalue weighted by molar-refractivity contribution is 0.119. The Balaban J connectivity index is 2.00. The van der Waals surface area contributed by atoms with Crippen LogP contribution in [0.1, 0.15) is 44.0 Å². The van der Waals surface area contributed by atoms with Gasteiger partial charge in [-0.3, -0.25) is 0 Å². The smallest absolute Gasteiger partial charge is 0.194 e. The molecular weight excluding hydrogens is 372 g/mol. The highest BCUT2D eigenvalue weighted by molar-refractivity contribution is 7.09. The van der Waals surface area contributed by atoms with Gasteiger partial charge in [-0.25, -0.2) is 9.98 Å². The third-order valence-corrected chi connectivity index (χ3v) is 5.37. The SMILES string of the molecule is CCNC(=NCC(CC)Oc1ccccc1)N(C)Cc1csc(C(C)OC)n1. The number of hydrogen-bond acceptors (Lipinski definition) is 5. The lowest BCUT2D eigenvalue weighted by atomic mass is 10.2. The molecule has 0 amide bonds. The first kappa shape index (κ1) is 22.2. The molecule has 0 aliphatic rings. The van der Waals surface area contributed by atoms with E-state index in [0.29, 0.717) is 13.1 Å². The van der Waals surface area contributed by atoms with E-state index in [-0.39, 0.29) is 12.2 Å². The van der Waals surface area contributed by atoms with Crippen LogP contribution in [0, 0.1) is 0 Å². The van der Waals surface area contributed by atoms with E-state index < -0.39 is 0 Å². The summed E-state index contributed by atoms with van der Waals surface area (Å²) >= 11 is 1.63. The number of aliphatic imine (C=N–C) groups is 1. The number of guanidine groups is 1. The Morgan fingerprint density at radius 1 is 1.29 bits per heavy atom. The highest BCUT2D eigenvalue weighted by Crippen LogP contribution is 2.21. The van der Waals surface area contributed by atoms with Crippen LogP contribution in [-0.4, -0.2) is 49.2 Å². The molecular formula is C21H32N4O2S. The second-order valence-corrected chi connectivity index (χ2v) is 7.46. The number of hydrogen-bond donors (Lipinski definition) is 1. The first-order valence-corrected chi connectivity index (χ1v) is 10.6. The van der Waals surface area contributed by atoms with Crippen molar-refractivity contribution in [2.24, 2.45) is 4.99 Å². The average Bonchev–Trinajstić information content (AvgIpc) is 3.18. The summed E-state index contributed by atoms with van der Waals surface area (Å²) in [6.45, 7) is 8.30. The predicted octanol–water partition coefficient (Wildman–Crippen LogP) is 4.11. The van der Waals surface area contributed by atoms with Crippen molar-refractivity contribution in [3.8, 4) is 5.75 Å². The van der Waals surface area contributed by atoms with E-state index in [4.69, 9.17) is 14.5 Å². The maximum atomic E-state index is 6.05. The Hall–Kier alpha value is -2.12. The molecule has 28 heavy (non-hydrogen) atoms. The van der Waals surface area contributed by atoms with Crippen molar-refractivity contribution in [3.63, 3.8) is 0 Å². The molecule has 0 aliphatic heterocycles. The summed E-state index contributed by atoms with van der Waals surface area (Å²) in [7, 11) is 3.73. The molecule has 0 aliphatic carbocycles. The average molecular weight is 405 g/mol. The Labute approximate surface area is 172 Å². The third-order valence-electron chi connectivity index (χ3n) is 4.31. The summed E-state index contributed by atoms with van der Waals surface area (Å²) in [4.78, 5) is 11.6. The molecule has 7 heteroatoms. The minimum absolute atomic E-state index is 0.0198. The number of aromatic nitrogens is 1. The van der Waals surface area contributed by atoms with Crippen LogP contribution in [0.15, 0.2) is 40.7 Å². The molecule has 1 aromatic carbocycles. The van der Waals surface area contributed by atoms with Gasteiger partial charge < -0.3 is 19.7 Å². The largest absolute Gasteiger partial charge is 0.489 e. The Morgan fingerprint density at radius 3 is 2.68 bits per heavy atom. The molecule has 0 radical (unpaired) electrons. The molecule has 6 nitrogen and oxygen atoms in total. The van der Waals surface area contributed by atoms with Gasteiger partial charge in [0.05, 0.1) is 18.8 Å². The fourth-order valence-corrected chi connectivity index (χ4v) is 3.44. The molecule has 2 atom stereocenters. The summed E-state index contributed by atoms with van der Waals surface area (Å²) in [6, 6.07) is 9.90. The van der Waals surface area contributed by atoms with Crippen LogP contribution >= 0.6 is 11.3 Å². The Morgan fingerprint density at radius 2 is 2.04 bits per heavy atom. The number of thiazole rings is 1. The molecule has 1 N–H and O–H groups in total. The molecule has 0 saturated carbocycles. The number of rotatable bonds is 10. The Kier molecular flexibility index (Phi) is 9.23. The zero-order valence-corrected chi connectivity index (χ0v) is 18.3. The summed E-state index contributed by atoms with van der Waals surface area (Å²) in [5, 5.41) is 6.44. The van der Waals surface area contributed by atoms with Crippen LogP contribution in [0.3, 0.4) is 0 Å². The second-order valence-electron chi connectivity index (χ2n) is 6.57. The molecule has 0 saturated heterocycles. The summed E-state index contributed by atoms with van der Waals surface area (Å²) in [6.07, 6.45) is 0.954. The molecule has 0 spiro atoms. The maximum absolute atomic E-state index is 6.05. The van der Waals surface area contributed by atoms with E-state index >= 15 is 0 Å². The van der Waals surface area contributed by atoms with Crippen molar-refractivity contribution >= 4 is 17.3 Å². The number of nitrogens with one attached hydrogen (secondary N) is 1. The second kappa shape index (κ2) is 11.7. The van der Waals surface area contributed by atoms with Gasteiger partial charge in [-0.2, -0.15) is 0 Å². The van der Waals surface area contributed by atoms with Crippen molar-refractivity contribution in [3.05, 3.63) is 46.4 Å². The monoisotopic (exact) mass is 404 g/mol. The number of ether oxygens (including phenoxy) is 2. The van der Waals surface area contributed by atoms with E-state index in [1.165, 1.54) is 0 Å². The number of nitrogens with zero attached hydrogens (tertiary/aromatic N) is 3. The van der Waals surface area contributed by atoms with Crippen molar-refractivity contribution in [1.82, 2.24) is 15.2 Å². The lowest BCUT2D eigenvalue weighted by Gasteiger charge is -2.22. The van der Waals surface area contributed by atoms with Crippen molar-refractivity contribution in [2.75, 3.05) is 27.2 Å². The van der Waals surface area contributed by atoms with Crippen LogP contribution in [0.5, 0.6) is 5.75 Å². The van der Waals surface area contributed by atoms with E-state index in [1.54, 1.807) is 18.4 Å². The lowest BCUT2D eigenvalue weighted by Crippen LogP contribution is -2.39. The van der Waals surface area contributed by atoms with Crippen LogP contribution in [0.25, 0.3) is 0 Å². The van der Waals surface area contributed by atoms with Crippen molar-refractivity contribution in [2.45, 2.75) is 45.9 Å². The Bertz CT molecular complexity index is 720. The molecule has 1 heterocycles. The molecule has 1 aromatic heterocycles. The van der Waals surface area contributed by atoms with E-state index in [1.807, 2.05) is 44.3 Å². The highest BCUT2D eigenvalue weighted by Gasteiger charge is 2.14. The van der Waals surface area contributed by atoms with Crippen LogP contribution in [0.2, 0.25) is 0 Å². The van der Waals surface area contributed by atoms with Gasteiger partial charge in [-0.15, -0.1) is 11.3 Å². The molecule has 0 fully saturated rings. The highest BCUT2D eigenvalue weighted by atomic mass is 32.1. The zero-order chi connectivity index (χ0) is 20.4. The standard InChI is InChI=1S/C21H32N4O2S/c1-6-18(27-19-11-9-8-10-12-19)13-23-21(22-7-2)25(4)14-17-15-28-20(24-17)16(3)26-5/h8-12,15-16,18H,6-7,13-14H2,1-5H3,(H,22,23). The topological polar surface area (TPSA) is 59.0 Å². The van der Waals surface area contributed by atoms with Crippen molar-refractivity contribution < 1.29 is 9.47 Å². The molecule has 2 rings (SSSR count). The molecule has 2 unspecified atom stereocenters. The van der Waals surface area contributed by atoms with E-state index in [0.717, 1.165) is 35.4 Å². The van der Waals surface area contributed by atoms with Gasteiger partial charge in [0.1, 0.15) is 23.0 Å². The summed E-state index contributed by atoms with van der Waals surface area (Å²) in [5.74, 6) is 1.73. The minimum Gasteiger partial charge on any atom is -0.489 e. The molecule has 154 valence electrons. The van der Waals surface area contributed by atoms with Gasteiger partial charge in [0, 0.05) is 26.1 Å². The quantitative estimate of drug-likeness (QED) is 0.477. The van der Waals surface area contributed by atoms with Crippen LogP contribution in [0.4, 0.5) is 0 Å². The van der Waals surface area contributed by atoms with Gasteiger partial charge in [0.15, 0.2) is 5.96 Å². The number of methoxy groups -OCH3 is 1. The first-order valence-electron chi connectivity index (χ1n) is 9.75. The number of para-hydroxylation sites is 1. The minimum atomic E-state index is 0.0198. The van der Waals surface area contributed by atoms with Crippen molar-refractivity contribution in [1.29, 1.82) is 0 Å². The third kappa shape index (κ3) is 6.80. The van der Waals surface area contributed by atoms with E-state index in [2.05, 4.69) is 34.4 Å². The van der Waals surface area contributed by atoms with Crippen LogP contribution < -0.4 is 10.1 Å². The fourth-order valence-electron chi connectivity index (χ4n) is 2.60. The summed E-state index contributed by atoms with van der Waals surface area (Å²) in [5.41, 5.74) is 1.02. The van der Waals surface area contributed by atoms with Gasteiger partial charge in [-0.05, 0) is 32.4 Å². The van der Waals surface area contributed by atoms with Gasteiger partial charge >= 0.3 is 0 Å². The molecule has 0 bridgehead atoms. The fraction of sp³-hybridized carbons (Fsp3) is 0.524. The summed E-state index contributed by atoms with van der Waals surface area (Å²) < 4.78 is 11.4. The van der Waals surface area contributed by atoms with Gasteiger partial charge in [0.2, 0.25) is 0 Å². The first-order chi connectivity index (χ1) is 13.6. The van der Waals surface area contributed by atoms with Crippen LogP contribution in [-0.2, 0) is 11.3 Å². The molecule has 2 aromatic rings. The predicted molar refractivity (Wildman–Crippen MR) is 116 cm³/mol. The van der Waals surface area contributed by atoms with Gasteiger partial charge in [-0.1, -0.05) is 25.1 Å². The maximum Gasteiger partial charge on any atom is 0.194 e. The van der Waals surface area contributed by atoms with E-state index in [9.17, 15) is 0 Å².